The van der Waals surface area contributed by atoms with E-state index in [0.717, 1.165) is 4.90 Å². The lowest BCUT2D eigenvalue weighted by molar-refractivity contribution is -0.132. The van der Waals surface area contributed by atoms with Crippen LogP contribution >= 0.6 is 11.6 Å². The molecule has 2 atom stereocenters. The fourth-order valence-corrected chi connectivity index (χ4v) is 2.68. The van der Waals surface area contributed by atoms with Crippen LogP contribution in [0.2, 0.25) is 5.02 Å². The van der Waals surface area contributed by atoms with Crippen LogP contribution in [0.15, 0.2) is 47.1 Å². The maximum absolute atomic E-state index is 12.6. The highest BCUT2D eigenvalue weighted by atomic mass is 35.5. The summed E-state index contributed by atoms with van der Waals surface area (Å²) in [5, 5.41) is 13.4. The van der Waals surface area contributed by atoms with E-state index in [9.17, 15) is 14.7 Å². The molecular weight excluding hydrogens is 320 g/mol. The number of aliphatic hydroxyl groups excluding tert-OH is 1. The second-order valence-corrected chi connectivity index (χ2v) is 5.95. The van der Waals surface area contributed by atoms with Crippen LogP contribution in [0.25, 0.3) is 0 Å². The molecule has 3 amide bonds. The number of carbonyl (C=O) groups is 2. The Labute approximate surface area is 137 Å². The molecule has 23 heavy (non-hydrogen) atoms. The fourth-order valence-electron chi connectivity index (χ4n) is 2.56. The highest BCUT2D eigenvalue weighted by molar-refractivity contribution is 6.30. The predicted octanol–water partition coefficient (Wildman–Crippen LogP) is 2.43. The number of nitrogens with one attached hydrogen (secondary N) is 1. The van der Waals surface area contributed by atoms with E-state index in [4.69, 9.17) is 16.0 Å². The summed E-state index contributed by atoms with van der Waals surface area (Å²) in [7, 11) is 0. The molecule has 1 aromatic carbocycles. The monoisotopic (exact) mass is 334 g/mol. The quantitative estimate of drug-likeness (QED) is 0.841. The van der Waals surface area contributed by atoms with Gasteiger partial charge in [0.2, 0.25) is 0 Å². The number of hydrogen-bond acceptors (Lipinski definition) is 4. The summed E-state index contributed by atoms with van der Waals surface area (Å²) in [5.74, 6) is -0.121. The van der Waals surface area contributed by atoms with Crippen LogP contribution in [0.4, 0.5) is 4.79 Å². The van der Waals surface area contributed by atoms with Gasteiger partial charge < -0.3 is 14.8 Å². The standard InChI is InChI=1S/C16H15ClN2O4/c1-16(13-3-2-8-23-13)14(21)19(15(22)18-16)9-12(20)10-4-6-11(17)7-5-10/h2-8,12,20H,9H2,1H3,(H,18,22)/t12-,16-/m0/s1. The molecule has 1 aliphatic rings. The lowest BCUT2D eigenvalue weighted by Gasteiger charge is -2.20. The van der Waals surface area contributed by atoms with Crippen molar-refractivity contribution in [2.24, 2.45) is 0 Å². The molecule has 6 nitrogen and oxygen atoms in total. The Balaban J connectivity index is 1.79. The average molecular weight is 335 g/mol. The number of furan rings is 1. The Kier molecular flexibility index (Phi) is 3.87. The van der Waals surface area contributed by atoms with Gasteiger partial charge in [-0.2, -0.15) is 0 Å². The largest absolute Gasteiger partial charge is 0.466 e. The van der Waals surface area contributed by atoms with E-state index < -0.39 is 23.6 Å². The minimum Gasteiger partial charge on any atom is -0.466 e. The number of rotatable bonds is 4. The van der Waals surface area contributed by atoms with Crippen molar-refractivity contribution in [2.75, 3.05) is 6.54 Å². The van der Waals surface area contributed by atoms with Crippen LogP contribution in [0, 0.1) is 0 Å². The van der Waals surface area contributed by atoms with Gasteiger partial charge in [-0.15, -0.1) is 0 Å². The zero-order valence-electron chi connectivity index (χ0n) is 12.3. The van der Waals surface area contributed by atoms with E-state index in [1.165, 1.54) is 6.26 Å². The van der Waals surface area contributed by atoms with E-state index in [1.54, 1.807) is 43.3 Å². The van der Waals surface area contributed by atoms with Crippen LogP contribution in [0.1, 0.15) is 24.4 Å². The molecule has 1 aliphatic heterocycles. The summed E-state index contributed by atoms with van der Waals surface area (Å²) in [6, 6.07) is 9.27. The van der Waals surface area contributed by atoms with Crippen molar-refractivity contribution in [1.29, 1.82) is 0 Å². The number of nitrogens with zero attached hydrogens (tertiary/aromatic N) is 1. The Bertz CT molecular complexity index is 729. The number of urea groups is 1. The van der Waals surface area contributed by atoms with E-state index in [0.29, 0.717) is 16.3 Å². The molecule has 0 saturated carbocycles. The molecule has 0 unspecified atom stereocenters. The van der Waals surface area contributed by atoms with Crippen LogP contribution in [-0.4, -0.2) is 28.5 Å². The average Bonchev–Trinajstić information content (AvgIpc) is 3.12. The van der Waals surface area contributed by atoms with Crippen molar-refractivity contribution in [3.63, 3.8) is 0 Å². The first-order valence-corrected chi connectivity index (χ1v) is 7.41. The van der Waals surface area contributed by atoms with Gasteiger partial charge in [-0.25, -0.2) is 4.79 Å². The third kappa shape index (κ3) is 2.71. The Hall–Kier alpha value is -2.31. The van der Waals surface area contributed by atoms with Crippen molar-refractivity contribution in [3.8, 4) is 0 Å². The number of carbonyl (C=O) groups excluding carboxylic acids is 2. The molecule has 3 rings (SSSR count). The van der Waals surface area contributed by atoms with Gasteiger partial charge in [-0.3, -0.25) is 9.69 Å². The summed E-state index contributed by atoms with van der Waals surface area (Å²) in [6.45, 7) is 1.42. The van der Waals surface area contributed by atoms with Gasteiger partial charge >= 0.3 is 6.03 Å². The molecule has 1 aromatic heterocycles. The summed E-state index contributed by atoms with van der Waals surface area (Å²) in [4.78, 5) is 25.7. The number of benzene rings is 1. The van der Waals surface area contributed by atoms with Gasteiger partial charge in [-0.1, -0.05) is 23.7 Å². The van der Waals surface area contributed by atoms with Crippen LogP contribution in [0.3, 0.4) is 0 Å². The number of imide groups is 1. The number of amides is 3. The summed E-state index contributed by atoms with van der Waals surface area (Å²) >= 11 is 5.81. The van der Waals surface area contributed by atoms with Gasteiger partial charge in [0.15, 0.2) is 5.54 Å². The van der Waals surface area contributed by atoms with E-state index in [1.807, 2.05) is 0 Å². The minimum atomic E-state index is -1.26. The third-order valence-corrected chi connectivity index (χ3v) is 4.15. The molecule has 7 heteroatoms. The lowest BCUT2D eigenvalue weighted by atomic mass is 9.99. The second-order valence-electron chi connectivity index (χ2n) is 5.52. The van der Waals surface area contributed by atoms with Crippen molar-refractivity contribution in [3.05, 3.63) is 59.0 Å². The minimum absolute atomic E-state index is 0.150. The third-order valence-electron chi connectivity index (χ3n) is 3.90. The second kappa shape index (κ2) is 5.72. The van der Waals surface area contributed by atoms with Crippen LogP contribution < -0.4 is 5.32 Å². The van der Waals surface area contributed by atoms with Crippen LogP contribution in [-0.2, 0) is 10.3 Å². The first-order chi connectivity index (χ1) is 10.9. The molecule has 120 valence electrons. The zero-order valence-corrected chi connectivity index (χ0v) is 13.1. The van der Waals surface area contributed by atoms with Gasteiger partial charge in [0.25, 0.3) is 5.91 Å². The number of aliphatic hydroxyl groups is 1. The number of hydrogen-bond donors (Lipinski definition) is 2. The summed E-state index contributed by atoms with van der Waals surface area (Å²) < 4.78 is 5.25. The first-order valence-electron chi connectivity index (χ1n) is 7.03. The van der Waals surface area contributed by atoms with Gasteiger partial charge in [0.1, 0.15) is 5.76 Å². The smallest absolute Gasteiger partial charge is 0.325 e. The number of halogens is 1. The highest BCUT2D eigenvalue weighted by Crippen LogP contribution is 2.30. The molecule has 0 radical (unpaired) electrons. The van der Waals surface area contributed by atoms with Crippen molar-refractivity contribution < 1.29 is 19.1 Å². The maximum atomic E-state index is 12.6. The Morgan fingerprint density at radius 3 is 2.61 bits per heavy atom. The first kappa shape index (κ1) is 15.6. The number of β-amino-alcohol motifs (C(OH)–C–C–N with tert-alkyl or cyclic N) is 1. The topological polar surface area (TPSA) is 82.8 Å². The molecule has 2 aromatic rings. The molecule has 2 heterocycles. The SMILES string of the molecule is C[C@@]1(c2ccco2)NC(=O)N(C[C@H](O)c2ccc(Cl)cc2)C1=O. The molecule has 1 fully saturated rings. The highest BCUT2D eigenvalue weighted by Gasteiger charge is 2.51. The summed E-state index contributed by atoms with van der Waals surface area (Å²) in [6.07, 6.45) is 0.437. The van der Waals surface area contributed by atoms with Crippen molar-refractivity contribution >= 4 is 23.5 Å². The Morgan fingerprint density at radius 2 is 2.00 bits per heavy atom. The maximum Gasteiger partial charge on any atom is 0.325 e. The molecule has 0 aliphatic carbocycles. The lowest BCUT2D eigenvalue weighted by Crippen LogP contribution is -2.41. The molecule has 0 spiro atoms. The fraction of sp³-hybridized carbons (Fsp3) is 0.250. The van der Waals surface area contributed by atoms with Crippen molar-refractivity contribution in [2.45, 2.75) is 18.6 Å². The van der Waals surface area contributed by atoms with Gasteiger partial charge in [-0.05, 0) is 36.8 Å². The van der Waals surface area contributed by atoms with E-state index >= 15 is 0 Å². The summed E-state index contributed by atoms with van der Waals surface area (Å²) in [5.41, 5.74) is -0.693. The zero-order chi connectivity index (χ0) is 16.6. The van der Waals surface area contributed by atoms with Gasteiger partial charge in [0.05, 0.1) is 18.9 Å². The molecule has 2 N–H and O–H groups in total. The Morgan fingerprint density at radius 1 is 1.30 bits per heavy atom. The molecular formula is C16H15ClN2O4. The predicted molar refractivity (Wildman–Crippen MR) is 82.7 cm³/mol. The molecule has 0 bridgehead atoms. The van der Waals surface area contributed by atoms with E-state index in [-0.39, 0.29) is 6.54 Å². The van der Waals surface area contributed by atoms with Gasteiger partial charge in [0, 0.05) is 5.02 Å². The van der Waals surface area contributed by atoms with Crippen molar-refractivity contribution in [1.82, 2.24) is 10.2 Å². The van der Waals surface area contributed by atoms with Crippen LogP contribution in [0.5, 0.6) is 0 Å². The van der Waals surface area contributed by atoms with E-state index in [2.05, 4.69) is 5.32 Å². The normalized spacial score (nSPS) is 22.3. The molecule has 1 saturated heterocycles.